The third kappa shape index (κ3) is 5.45. The molecule has 0 atom stereocenters. The zero-order chi connectivity index (χ0) is 36.2. The van der Waals surface area contributed by atoms with Crippen molar-refractivity contribution in [3.63, 3.8) is 0 Å². The molecule has 0 N–H and O–H groups in total. The van der Waals surface area contributed by atoms with Crippen LogP contribution in [0.2, 0.25) is 13.1 Å². The van der Waals surface area contributed by atoms with Gasteiger partial charge in [0, 0.05) is 0 Å². The van der Waals surface area contributed by atoms with Crippen LogP contribution in [0.4, 0.5) is 17.1 Å². The number of ether oxygens (including phenoxy) is 2. The average Bonchev–Trinajstić information content (AvgIpc) is 3.23. The van der Waals surface area contributed by atoms with Gasteiger partial charge in [-0.1, -0.05) is 0 Å². The fourth-order valence-corrected chi connectivity index (χ4v) is 11.0. The number of fused-ring (bicyclic) bond motifs is 4. The molecular weight excluding hydrogens is 681 g/mol. The zero-order valence-electron chi connectivity index (χ0n) is 29.8. The summed E-state index contributed by atoms with van der Waals surface area (Å²) >= 11 is 0. The third-order valence-electron chi connectivity index (χ3n) is 10.6. The summed E-state index contributed by atoms with van der Waals surface area (Å²) in [4.78, 5) is 17.2. The molecule has 0 saturated carbocycles. The number of hydrogen-bond donors (Lipinski definition) is 0. The van der Waals surface area contributed by atoms with Gasteiger partial charge in [0.15, 0.2) is 0 Å². The number of rotatable bonds is 5. The molecule has 2 aliphatic rings. The van der Waals surface area contributed by atoms with Gasteiger partial charge in [0.1, 0.15) is 0 Å². The van der Waals surface area contributed by atoms with E-state index in [-0.39, 0.29) is 0 Å². The Kier molecular flexibility index (Phi) is 7.49. The number of para-hydroxylation sites is 3. The maximum atomic E-state index is 6.63. The first-order chi connectivity index (χ1) is 26.5. The van der Waals surface area contributed by atoms with Gasteiger partial charge in [-0.15, -0.1) is 0 Å². The Morgan fingerprint density at radius 3 is 1.50 bits per heavy atom. The molecule has 10 rings (SSSR count). The van der Waals surface area contributed by atoms with E-state index in [0.29, 0.717) is 17.5 Å². The molecule has 2 aliphatic heterocycles. The summed E-state index contributed by atoms with van der Waals surface area (Å²) in [6.45, 7) is 4.84. The summed E-state index contributed by atoms with van der Waals surface area (Å²) in [5, 5.41) is 2.50. The van der Waals surface area contributed by atoms with Crippen LogP contribution in [0.25, 0.3) is 45.3 Å². The second kappa shape index (κ2) is 12.7. The average molecular weight is 716 g/mol. The van der Waals surface area contributed by atoms with Gasteiger partial charge in [0.25, 0.3) is 0 Å². The van der Waals surface area contributed by atoms with Crippen LogP contribution >= 0.6 is 0 Å². The van der Waals surface area contributed by atoms with Gasteiger partial charge in [-0.2, -0.15) is 0 Å². The molecule has 54 heavy (non-hydrogen) atoms. The molecule has 0 amide bonds. The Morgan fingerprint density at radius 2 is 0.852 bits per heavy atom. The van der Waals surface area contributed by atoms with E-state index in [2.05, 4.69) is 103 Å². The second-order valence-electron chi connectivity index (χ2n) is 14.4. The first-order valence-corrected chi connectivity index (χ1v) is 21.8. The van der Waals surface area contributed by atoms with Crippen molar-refractivity contribution in [3.05, 3.63) is 170 Å². The van der Waals surface area contributed by atoms with E-state index in [1.54, 1.807) is 0 Å². The van der Waals surface area contributed by atoms with E-state index in [4.69, 9.17) is 24.4 Å². The Labute approximate surface area is 315 Å². The van der Waals surface area contributed by atoms with Crippen LogP contribution in [0.15, 0.2) is 170 Å². The number of benzene rings is 7. The molecule has 8 aromatic rings. The second-order valence-corrected chi connectivity index (χ2v) is 19.4. The predicted molar refractivity (Wildman–Crippen MR) is 221 cm³/mol. The van der Waals surface area contributed by atoms with E-state index >= 15 is 0 Å². The molecule has 0 saturated heterocycles. The normalized spacial score (nSPS) is 14.0. The molecule has 0 aliphatic carbocycles. The van der Waals surface area contributed by atoms with Crippen LogP contribution in [-0.4, -0.2) is 23.0 Å². The van der Waals surface area contributed by atoms with Crippen molar-refractivity contribution in [2.75, 3.05) is 4.90 Å². The number of anilines is 3. The number of hydrogen-bond acceptors (Lipinski definition) is 6. The molecule has 0 unspecified atom stereocenters. The van der Waals surface area contributed by atoms with Crippen molar-refractivity contribution in [3.8, 4) is 68.3 Å². The topological polar surface area (TPSA) is 60.4 Å². The predicted octanol–water partition coefficient (Wildman–Crippen LogP) is 10.8. The van der Waals surface area contributed by atoms with E-state index in [0.717, 1.165) is 67.9 Å². The zero-order valence-corrected chi connectivity index (χ0v) is 31.0. The molecule has 1 aromatic heterocycles. The molecule has 3 heterocycles. The standard InChI is InChI=1S/C47H35N4O2Si/c1-54(2)43-29-34(33-22-25-38-42(28-33)52-39-21-13-12-20-37(39)51(38)36-18-10-5-11-19-36)23-26-40(43)53-41-27-24-35(30-44(41)54)47-49-45(31-14-6-3-7-15-31)48-46(50-47)32-16-8-4-9-17-32/h3-30,54H,1-2H3/q-1. The van der Waals surface area contributed by atoms with Crippen LogP contribution in [0.1, 0.15) is 0 Å². The third-order valence-corrected chi connectivity index (χ3v) is 14.6. The van der Waals surface area contributed by atoms with E-state index < -0.39 is 8.07 Å². The fraction of sp³-hybridized carbons (Fsp3) is 0.0426. The van der Waals surface area contributed by atoms with Gasteiger partial charge < -0.3 is 0 Å². The first kappa shape index (κ1) is 31.9. The molecule has 7 aromatic carbocycles. The molecule has 6 nitrogen and oxygen atoms in total. The van der Waals surface area contributed by atoms with Crippen LogP contribution in [0.3, 0.4) is 0 Å². The summed E-state index contributed by atoms with van der Waals surface area (Å²) in [5.74, 6) is 5.40. The SMILES string of the molecule is C[SiH-]1(C)c2cc(-c3ccc4c(c3)Oc3ccccc3N4c3ccccc3)ccc2Oc2ccc(-c3nc(-c4ccccc4)nc(-c4ccccc4)n3)cc21. The monoisotopic (exact) mass is 715 g/mol. The molecule has 0 bridgehead atoms. The Balaban J connectivity index is 1.03. The Morgan fingerprint density at radius 1 is 0.389 bits per heavy atom. The van der Waals surface area contributed by atoms with Crippen molar-refractivity contribution in [1.29, 1.82) is 0 Å². The summed E-state index contributed by atoms with van der Waals surface area (Å²) in [7, 11) is -2.66. The number of aromatic nitrogens is 3. The molecule has 260 valence electrons. The van der Waals surface area contributed by atoms with Gasteiger partial charge in [-0.3, -0.25) is 0 Å². The van der Waals surface area contributed by atoms with Gasteiger partial charge in [0.05, 0.1) is 0 Å². The minimum atomic E-state index is -2.66. The maximum absolute atomic E-state index is 6.63. The minimum absolute atomic E-state index is 0.639. The molecule has 7 heteroatoms. The quantitative estimate of drug-likeness (QED) is 0.165. The van der Waals surface area contributed by atoms with Crippen molar-refractivity contribution in [1.82, 2.24) is 15.0 Å². The summed E-state index contributed by atoms with van der Waals surface area (Å²) in [6, 6.07) is 58.3. The van der Waals surface area contributed by atoms with Crippen molar-refractivity contribution in [2.45, 2.75) is 13.1 Å². The Hall–Kier alpha value is -6.83. The molecule has 0 radical (unpaired) electrons. The van der Waals surface area contributed by atoms with Gasteiger partial charge >= 0.3 is 316 Å². The molecule has 0 fully saturated rings. The van der Waals surface area contributed by atoms with Crippen molar-refractivity contribution >= 4 is 35.5 Å². The summed E-state index contributed by atoms with van der Waals surface area (Å²) < 4.78 is 13.2. The van der Waals surface area contributed by atoms with Gasteiger partial charge in [0.2, 0.25) is 0 Å². The van der Waals surface area contributed by atoms with Crippen LogP contribution in [0.5, 0.6) is 23.0 Å². The first-order valence-electron chi connectivity index (χ1n) is 18.3. The van der Waals surface area contributed by atoms with E-state index in [9.17, 15) is 0 Å². The number of nitrogens with zero attached hydrogens (tertiary/aromatic N) is 4. The van der Waals surface area contributed by atoms with Gasteiger partial charge in [-0.25, -0.2) is 0 Å². The molecule has 0 spiro atoms. The van der Waals surface area contributed by atoms with Crippen LogP contribution < -0.4 is 24.7 Å². The van der Waals surface area contributed by atoms with E-state index in [1.165, 1.54) is 10.4 Å². The summed E-state index contributed by atoms with van der Waals surface area (Å²) in [5.41, 5.74) is 8.16. The van der Waals surface area contributed by atoms with E-state index in [1.807, 2.05) is 84.9 Å². The Bertz CT molecular complexity index is 2650. The summed E-state index contributed by atoms with van der Waals surface area (Å²) in [6.07, 6.45) is 0. The van der Waals surface area contributed by atoms with Crippen LogP contribution in [-0.2, 0) is 0 Å². The van der Waals surface area contributed by atoms with Gasteiger partial charge in [-0.05, 0) is 0 Å². The molecular formula is C47H35N4O2Si-. The van der Waals surface area contributed by atoms with Crippen LogP contribution in [0, 0.1) is 0 Å². The fourth-order valence-electron chi connectivity index (χ4n) is 7.74. The van der Waals surface area contributed by atoms with Crippen molar-refractivity contribution in [2.24, 2.45) is 0 Å². The van der Waals surface area contributed by atoms with Crippen molar-refractivity contribution < 1.29 is 9.47 Å².